The first-order valence-corrected chi connectivity index (χ1v) is 12.2. The van der Waals surface area contributed by atoms with E-state index < -0.39 is 0 Å². The molecule has 2 N–H and O–H groups in total. The average molecular weight is 442 g/mol. The number of amides is 1. The SMILES string of the molecule is Cc1sc2nc(CS[C@H](C)C(=O)NCC3(c4ccccc4)CCC3)[nH]c(=O)c2c1C. The van der Waals surface area contributed by atoms with Crippen molar-refractivity contribution in [3.63, 3.8) is 0 Å². The van der Waals surface area contributed by atoms with Crippen molar-refractivity contribution in [2.45, 2.75) is 56.5 Å². The van der Waals surface area contributed by atoms with Crippen LogP contribution in [0, 0.1) is 13.8 Å². The summed E-state index contributed by atoms with van der Waals surface area (Å²) in [6, 6.07) is 10.5. The molecule has 1 amide bonds. The normalized spacial score (nSPS) is 16.2. The van der Waals surface area contributed by atoms with Crippen molar-refractivity contribution in [2.24, 2.45) is 0 Å². The van der Waals surface area contributed by atoms with Crippen LogP contribution in [0.3, 0.4) is 0 Å². The van der Waals surface area contributed by atoms with Crippen LogP contribution in [0.4, 0.5) is 0 Å². The number of nitrogens with zero attached hydrogens (tertiary/aromatic N) is 1. The number of aromatic nitrogens is 2. The zero-order chi connectivity index (χ0) is 21.3. The number of aromatic amines is 1. The predicted molar refractivity (Wildman–Crippen MR) is 125 cm³/mol. The van der Waals surface area contributed by atoms with E-state index in [1.54, 1.807) is 11.3 Å². The molecule has 5 nitrogen and oxygen atoms in total. The van der Waals surface area contributed by atoms with Gasteiger partial charge in [-0.15, -0.1) is 23.1 Å². The number of H-pyrrole nitrogens is 1. The third-order valence-corrected chi connectivity index (χ3v) is 8.48. The highest BCUT2D eigenvalue weighted by molar-refractivity contribution is 7.99. The molecule has 0 radical (unpaired) electrons. The van der Waals surface area contributed by atoms with Gasteiger partial charge in [0.2, 0.25) is 5.91 Å². The first kappa shape index (κ1) is 21.1. The zero-order valence-corrected chi connectivity index (χ0v) is 19.2. The predicted octanol–water partition coefficient (Wildman–Crippen LogP) is 4.46. The molecular formula is C23H27N3O2S2. The number of hydrogen-bond donors (Lipinski definition) is 2. The summed E-state index contributed by atoms with van der Waals surface area (Å²) in [7, 11) is 0. The Morgan fingerprint density at radius 2 is 2.03 bits per heavy atom. The maximum Gasteiger partial charge on any atom is 0.259 e. The van der Waals surface area contributed by atoms with Crippen molar-refractivity contribution in [3.8, 4) is 0 Å². The van der Waals surface area contributed by atoms with Crippen molar-refractivity contribution < 1.29 is 4.79 Å². The molecular weight excluding hydrogens is 414 g/mol. The van der Waals surface area contributed by atoms with E-state index in [0.717, 1.165) is 28.1 Å². The summed E-state index contributed by atoms with van der Waals surface area (Å²) >= 11 is 3.04. The number of fused-ring (bicyclic) bond motifs is 1. The lowest BCUT2D eigenvalue weighted by molar-refractivity contribution is -0.120. The lowest BCUT2D eigenvalue weighted by atomic mass is 9.64. The quantitative estimate of drug-likeness (QED) is 0.568. The molecule has 1 saturated carbocycles. The Labute approximate surface area is 184 Å². The first-order valence-electron chi connectivity index (χ1n) is 10.3. The Morgan fingerprint density at radius 3 is 2.70 bits per heavy atom. The van der Waals surface area contributed by atoms with Gasteiger partial charge in [-0.25, -0.2) is 4.98 Å². The molecule has 0 saturated heterocycles. The highest BCUT2D eigenvalue weighted by Gasteiger charge is 2.38. The fourth-order valence-corrected chi connectivity index (χ4v) is 5.84. The average Bonchev–Trinajstić information content (AvgIpc) is 3.00. The van der Waals surface area contributed by atoms with E-state index in [1.165, 1.54) is 23.7 Å². The van der Waals surface area contributed by atoms with E-state index in [-0.39, 0.29) is 22.1 Å². The van der Waals surface area contributed by atoms with Crippen LogP contribution in [0.15, 0.2) is 35.1 Å². The molecule has 158 valence electrons. The molecule has 1 aromatic carbocycles. The van der Waals surface area contributed by atoms with Crippen LogP contribution in [0.2, 0.25) is 0 Å². The monoisotopic (exact) mass is 441 g/mol. The molecule has 2 heterocycles. The molecule has 0 aliphatic heterocycles. The fraction of sp³-hybridized carbons (Fsp3) is 0.435. The smallest absolute Gasteiger partial charge is 0.259 e. The Morgan fingerprint density at radius 1 is 1.30 bits per heavy atom. The molecule has 3 aromatic rings. The lowest BCUT2D eigenvalue weighted by Gasteiger charge is -2.42. The standard InChI is InChI=1S/C23H27N3O2S2/c1-14-15(2)30-22-19(14)21(28)25-18(26-22)12-29-16(3)20(27)24-13-23(10-7-11-23)17-8-5-4-6-9-17/h4-6,8-9,16H,7,10-13H2,1-3H3,(H,24,27)(H,25,26,28)/t16-/m1/s1. The summed E-state index contributed by atoms with van der Waals surface area (Å²) in [4.78, 5) is 34.5. The number of thiophene rings is 1. The summed E-state index contributed by atoms with van der Waals surface area (Å²) in [5, 5.41) is 3.63. The van der Waals surface area contributed by atoms with Gasteiger partial charge in [-0.1, -0.05) is 36.8 Å². The van der Waals surface area contributed by atoms with Gasteiger partial charge in [0, 0.05) is 16.8 Å². The van der Waals surface area contributed by atoms with Gasteiger partial charge in [0.25, 0.3) is 5.56 Å². The summed E-state index contributed by atoms with van der Waals surface area (Å²) in [5.41, 5.74) is 2.30. The van der Waals surface area contributed by atoms with Gasteiger partial charge in [-0.05, 0) is 44.7 Å². The van der Waals surface area contributed by atoms with E-state index >= 15 is 0 Å². The third kappa shape index (κ3) is 4.05. The maximum absolute atomic E-state index is 12.7. The number of benzene rings is 1. The van der Waals surface area contributed by atoms with Crippen molar-refractivity contribution in [2.75, 3.05) is 6.54 Å². The van der Waals surface area contributed by atoms with Crippen LogP contribution >= 0.6 is 23.1 Å². The molecule has 30 heavy (non-hydrogen) atoms. The molecule has 1 fully saturated rings. The third-order valence-electron chi connectivity index (χ3n) is 6.23. The van der Waals surface area contributed by atoms with Gasteiger partial charge in [-0.3, -0.25) is 9.59 Å². The second kappa shape index (κ2) is 8.55. The highest BCUT2D eigenvalue weighted by Crippen LogP contribution is 2.43. The Hall–Kier alpha value is -2.12. The Bertz CT molecular complexity index is 1120. The van der Waals surface area contributed by atoms with Gasteiger partial charge >= 0.3 is 0 Å². The summed E-state index contributed by atoms with van der Waals surface area (Å²) in [5.74, 6) is 1.16. The Kier molecular flexibility index (Phi) is 6.02. The number of hydrogen-bond acceptors (Lipinski definition) is 5. The molecule has 2 aromatic heterocycles. The summed E-state index contributed by atoms with van der Waals surface area (Å²) < 4.78 is 0. The largest absolute Gasteiger partial charge is 0.354 e. The van der Waals surface area contributed by atoms with Crippen LogP contribution in [-0.4, -0.2) is 27.7 Å². The van der Waals surface area contributed by atoms with Crippen LogP contribution in [0.1, 0.15) is 48.0 Å². The molecule has 7 heteroatoms. The van der Waals surface area contributed by atoms with Gasteiger partial charge < -0.3 is 10.3 Å². The second-order valence-corrected chi connectivity index (χ2v) is 10.7. The van der Waals surface area contributed by atoms with Crippen molar-refractivity contribution >= 4 is 39.2 Å². The van der Waals surface area contributed by atoms with E-state index in [9.17, 15) is 9.59 Å². The Balaban J connectivity index is 1.36. The van der Waals surface area contributed by atoms with Gasteiger partial charge in [-0.2, -0.15) is 0 Å². The van der Waals surface area contributed by atoms with Crippen LogP contribution in [0.25, 0.3) is 10.2 Å². The van der Waals surface area contributed by atoms with E-state index in [4.69, 9.17) is 0 Å². The molecule has 0 spiro atoms. The van der Waals surface area contributed by atoms with Gasteiger partial charge in [0.05, 0.1) is 16.4 Å². The van der Waals surface area contributed by atoms with Gasteiger partial charge in [0.15, 0.2) is 0 Å². The summed E-state index contributed by atoms with van der Waals surface area (Å²) in [6.07, 6.45) is 3.44. The molecule has 1 aliphatic rings. The molecule has 0 unspecified atom stereocenters. The van der Waals surface area contributed by atoms with Crippen molar-refractivity contribution in [1.29, 1.82) is 0 Å². The number of carbonyl (C=O) groups is 1. The highest BCUT2D eigenvalue weighted by atomic mass is 32.2. The van der Waals surface area contributed by atoms with Crippen molar-refractivity contribution in [3.05, 3.63) is 62.5 Å². The van der Waals surface area contributed by atoms with E-state index in [2.05, 4.69) is 39.6 Å². The molecule has 1 aliphatic carbocycles. The molecule has 4 rings (SSSR count). The molecule has 1 atom stereocenters. The number of thioether (sulfide) groups is 1. The van der Waals surface area contributed by atoms with Crippen molar-refractivity contribution in [1.82, 2.24) is 15.3 Å². The first-order chi connectivity index (χ1) is 14.4. The van der Waals surface area contributed by atoms with Gasteiger partial charge in [0.1, 0.15) is 10.7 Å². The minimum atomic E-state index is -0.217. The number of nitrogens with one attached hydrogen (secondary N) is 2. The van der Waals surface area contributed by atoms with Crippen LogP contribution < -0.4 is 10.9 Å². The number of aryl methyl sites for hydroxylation is 2. The van der Waals surface area contributed by atoms with Crippen LogP contribution in [-0.2, 0) is 16.0 Å². The maximum atomic E-state index is 12.7. The number of rotatable bonds is 7. The van der Waals surface area contributed by atoms with Crippen LogP contribution in [0.5, 0.6) is 0 Å². The topological polar surface area (TPSA) is 74.8 Å². The number of carbonyl (C=O) groups excluding carboxylic acids is 1. The fourth-order valence-electron chi connectivity index (χ4n) is 4.01. The minimum absolute atomic E-state index is 0.0356. The lowest BCUT2D eigenvalue weighted by Crippen LogP contribution is -2.47. The summed E-state index contributed by atoms with van der Waals surface area (Å²) in [6.45, 7) is 6.55. The zero-order valence-electron chi connectivity index (χ0n) is 17.6. The minimum Gasteiger partial charge on any atom is -0.354 e. The van der Waals surface area contributed by atoms with E-state index in [1.807, 2.05) is 26.8 Å². The second-order valence-electron chi connectivity index (χ2n) is 8.15. The molecule has 0 bridgehead atoms. The van der Waals surface area contributed by atoms with E-state index in [0.29, 0.717) is 23.5 Å².